The second-order valence-corrected chi connectivity index (χ2v) is 5.64. The molecule has 0 bridgehead atoms. The van der Waals surface area contributed by atoms with E-state index in [4.69, 9.17) is 4.74 Å². The fourth-order valence-electron chi connectivity index (χ4n) is 2.82. The van der Waals surface area contributed by atoms with Crippen LogP contribution in [-0.2, 0) is 4.74 Å². The first-order valence-electron chi connectivity index (χ1n) is 7.16. The molecule has 2 aromatic rings. The third kappa shape index (κ3) is 2.37. The van der Waals surface area contributed by atoms with Crippen molar-refractivity contribution in [2.24, 2.45) is 0 Å². The van der Waals surface area contributed by atoms with Crippen LogP contribution in [0.4, 0.5) is 0 Å². The zero-order valence-electron chi connectivity index (χ0n) is 12.3. The van der Waals surface area contributed by atoms with Crippen LogP contribution in [0.3, 0.4) is 0 Å². The van der Waals surface area contributed by atoms with Gasteiger partial charge in [0.2, 0.25) is 0 Å². The topological polar surface area (TPSA) is 12.5 Å². The Bertz CT molecular complexity index is 564. The van der Waals surface area contributed by atoms with Crippen LogP contribution in [-0.4, -0.2) is 18.0 Å². The molecule has 2 aromatic carbocycles. The summed E-state index contributed by atoms with van der Waals surface area (Å²) < 4.78 is 6.32. The molecule has 0 amide bonds. The monoisotopic (exact) mass is 267 g/mol. The SMILES string of the molecule is Cc1ccc(C2OC(c3ccccc3)C(C)N2C)cc1. The molecule has 2 nitrogen and oxygen atoms in total. The molecule has 3 rings (SSSR count). The van der Waals surface area contributed by atoms with E-state index in [-0.39, 0.29) is 12.3 Å². The van der Waals surface area contributed by atoms with Gasteiger partial charge < -0.3 is 4.74 Å². The Morgan fingerprint density at radius 3 is 2.20 bits per heavy atom. The molecule has 0 aliphatic carbocycles. The lowest BCUT2D eigenvalue weighted by atomic mass is 10.0. The van der Waals surface area contributed by atoms with E-state index < -0.39 is 0 Å². The number of likely N-dealkylation sites (N-methyl/N-ethyl adjacent to an activating group) is 1. The minimum absolute atomic E-state index is 0.0378. The van der Waals surface area contributed by atoms with Crippen molar-refractivity contribution < 1.29 is 4.74 Å². The molecule has 20 heavy (non-hydrogen) atoms. The Morgan fingerprint density at radius 1 is 0.900 bits per heavy atom. The Kier molecular flexibility index (Phi) is 3.60. The zero-order chi connectivity index (χ0) is 14.1. The molecule has 0 spiro atoms. The highest BCUT2D eigenvalue weighted by molar-refractivity contribution is 5.26. The van der Waals surface area contributed by atoms with E-state index in [1.807, 2.05) is 6.07 Å². The van der Waals surface area contributed by atoms with Crippen molar-refractivity contribution in [2.45, 2.75) is 32.2 Å². The summed E-state index contributed by atoms with van der Waals surface area (Å²) in [5.74, 6) is 0. The molecule has 0 aromatic heterocycles. The Balaban J connectivity index is 1.87. The predicted molar refractivity (Wildman–Crippen MR) is 81.4 cm³/mol. The van der Waals surface area contributed by atoms with Crippen LogP contribution < -0.4 is 0 Å². The van der Waals surface area contributed by atoms with Crippen LogP contribution in [0.5, 0.6) is 0 Å². The van der Waals surface area contributed by atoms with Gasteiger partial charge in [-0.1, -0.05) is 60.2 Å². The van der Waals surface area contributed by atoms with Gasteiger partial charge in [0, 0.05) is 6.04 Å². The molecule has 2 heteroatoms. The van der Waals surface area contributed by atoms with Gasteiger partial charge in [-0.2, -0.15) is 0 Å². The van der Waals surface area contributed by atoms with Gasteiger partial charge in [0.15, 0.2) is 0 Å². The molecule has 0 radical (unpaired) electrons. The highest BCUT2D eigenvalue weighted by atomic mass is 16.5. The number of nitrogens with zero attached hydrogens (tertiary/aromatic N) is 1. The first-order chi connectivity index (χ1) is 9.66. The van der Waals surface area contributed by atoms with Gasteiger partial charge in [-0.25, -0.2) is 0 Å². The van der Waals surface area contributed by atoms with E-state index in [0.29, 0.717) is 6.04 Å². The second-order valence-electron chi connectivity index (χ2n) is 5.64. The summed E-state index contributed by atoms with van der Waals surface area (Å²) >= 11 is 0. The van der Waals surface area contributed by atoms with Crippen molar-refractivity contribution in [2.75, 3.05) is 7.05 Å². The lowest BCUT2D eigenvalue weighted by Gasteiger charge is -2.21. The molecule has 1 heterocycles. The summed E-state index contributed by atoms with van der Waals surface area (Å²) in [6.45, 7) is 4.34. The molecule has 1 aliphatic rings. The highest BCUT2D eigenvalue weighted by Gasteiger charge is 2.38. The average molecular weight is 267 g/mol. The molecule has 0 saturated carbocycles. The molecule has 104 valence electrons. The first-order valence-corrected chi connectivity index (χ1v) is 7.16. The highest BCUT2D eigenvalue weighted by Crippen LogP contribution is 2.40. The average Bonchev–Trinajstić information content (AvgIpc) is 2.77. The van der Waals surface area contributed by atoms with E-state index in [9.17, 15) is 0 Å². The summed E-state index contributed by atoms with van der Waals surface area (Å²) in [5.41, 5.74) is 3.76. The van der Waals surface area contributed by atoms with Crippen molar-refractivity contribution in [3.63, 3.8) is 0 Å². The maximum Gasteiger partial charge on any atom is 0.137 e. The van der Waals surface area contributed by atoms with Crippen LogP contribution in [0.1, 0.15) is 35.9 Å². The summed E-state index contributed by atoms with van der Waals surface area (Å²) in [4.78, 5) is 2.31. The Labute approximate surface area is 121 Å². The minimum Gasteiger partial charge on any atom is -0.349 e. The molecular weight excluding hydrogens is 246 g/mol. The van der Waals surface area contributed by atoms with Crippen molar-refractivity contribution >= 4 is 0 Å². The van der Waals surface area contributed by atoms with E-state index >= 15 is 0 Å². The van der Waals surface area contributed by atoms with Crippen molar-refractivity contribution in [1.82, 2.24) is 4.90 Å². The molecule has 1 saturated heterocycles. The summed E-state index contributed by atoms with van der Waals surface area (Å²) in [7, 11) is 2.14. The van der Waals surface area contributed by atoms with Gasteiger partial charge in [-0.15, -0.1) is 0 Å². The fourth-order valence-corrected chi connectivity index (χ4v) is 2.82. The van der Waals surface area contributed by atoms with Crippen molar-refractivity contribution in [3.8, 4) is 0 Å². The number of benzene rings is 2. The van der Waals surface area contributed by atoms with Crippen LogP contribution in [0.15, 0.2) is 54.6 Å². The van der Waals surface area contributed by atoms with Gasteiger partial charge in [-0.05, 0) is 32.0 Å². The summed E-state index contributed by atoms with van der Waals surface area (Å²) in [6.07, 6.45) is 0.170. The fraction of sp³-hybridized carbons (Fsp3) is 0.333. The van der Waals surface area contributed by atoms with Gasteiger partial charge >= 0.3 is 0 Å². The molecule has 0 N–H and O–H groups in total. The maximum atomic E-state index is 6.32. The number of hydrogen-bond donors (Lipinski definition) is 0. The lowest BCUT2D eigenvalue weighted by Crippen LogP contribution is -2.27. The third-order valence-corrected chi connectivity index (χ3v) is 4.22. The van der Waals surface area contributed by atoms with Crippen LogP contribution >= 0.6 is 0 Å². The zero-order valence-corrected chi connectivity index (χ0v) is 12.3. The van der Waals surface area contributed by atoms with E-state index in [0.717, 1.165) is 0 Å². The van der Waals surface area contributed by atoms with Gasteiger partial charge in [0.25, 0.3) is 0 Å². The van der Waals surface area contributed by atoms with Crippen molar-refractivity contribution in [1.29, 1.82) is 0 Å². The van der Waals surface area contributed by atoms with Gasteiger partial charge in [-0.3, -0.25) is 4.90 Å². The number of hydrogen-bond acceptors (Lipinski definition) is 2. The van der Waals surface area contributed by atoms with Gasteiger partial charge in [0.1, 0.15) is 12.3 Å². The minimum atomic E-state index is 0.0378. The molecule has 3 unspecified atom stereocenters. The standard InChI is InChI=1S/C18H21NO/c1-13-9-11-16(12-10-13)18-19(3)14(2)17(20-18)15-7-5-4-6-8-15/h4-12,14,17-18H,1-3H3. The molecular formula is C18H21NO. The van der Waals surface area contributed by atoms with Crippen LogP contribution in [0, 0.1) is 6.92 Å². The van der Waals surface area contributed by atoms with Gasteiger partial charge in [0.05, 0.1) is 0 Å². The second kappa shape index (κ2) is 5.39. The van der Waals surface area contributed by atoms with Crippen molar-refractivity contribution in [3.05, 3.63) is 71.3 Å². The number of aryl methyl sites for hydroxylation is 1. The summed E-state index contributed by atoms with van der Waals surface area (Å²) in [6, 6.07) is 19.5. The van der Waals surface area contributed by atoms with E-state index in [2.05, 4.69) is 74.3 Å². The lowest BCUT2D eigenvalue weighted by molar-refractivity contribution is 0.00560. The Hall–Kier alpha value is -1.64. The predicted octanol–water partition coefficient (Wildman–Crippen LogP) is 4.09. The summed E-state index contributed by atoms with van der Waals surface area (Å²) in [5, 5.41) is 0. The Morgan fingerprint density at radius 2 is 1.55 bits per heavy atom. The van der Waals surface area contributed by atoms with E-state index in [1.165, 1.54) is 16.7 Å². The normalized spacial score (nSPS) is 26.9. The van der Waals surface area contributed by atoms with Crippen LogP contribution in [0.25, 0.3) is 0 Å². The molecule has 1 aliphatic heterocycles. The number of rotatable bonds is 2. The molecule has 3 atom stereocenters. The molecule has 1 fully saturated rings. The first kappa shape index (κ1) is 13.3. The smallest absolute Gasteiger partial charge is 0.137 e. The number of ether oxygens (including phenoxy) is 1. The van der Waals surface area contributed by atoms with Crippen LogP contribution in [0.2, 0.25) is 0 Å². The maximum absolute atomic E-state index is 6.32. The largest absolute Gasteiger partial charge is 0.349 e. The third-order valence-electron chi connectivity index (χ3n) is 4.22. The quantitative estimate of drug-likeness (QED) is 0.812. The van der Waals surface area contributed by atoms with E-state index in [1.54, 1.807) is 0 Å².